The molecule has 0 spiro atoms. The zero-order chi connectivity index (χ0) is 14.9. The maximum atomic E-state index is 14.1. The first-order chi connectivity index (χ1) is 9.36. The molecule has 1 aromatic rings. The molecule has 2 N–H and O–H groups in total. The molecule has 4 nitrogen and oxygen atoms in total. The number of hydrogen-bond acceptors (Lipinski definition) is 3. The van der Waals surface area contributed by atoms with Crippen molar-refractivity contribution in [2.45, 2.75) is 38.0 Å². The second-order valence-corrected chi connectivity index (χ2v) is 7.31. The fourth-order valence-electron chi connectivity index (χ4n) is 2.65. The van der Waals surface area contributed by atoms with Crippen molar-refractivity contribution >= 4 is 15.7 Å². The minimum absolute atomic E-state index is 0.256. The average Bonchev–Trinajstić information content (AvgIpc) is 2.42. The smallest absolute Gasteiger partial charge is 0.246 e. The number of piperidine rings is 1. The van der Waals surface area contributed by atoms with Gasteiger partial charge in [0.05, 0.1) is 0 Å². The van der Waals surface area contributed by atoms with Crippen LogP contribution in [-0.4, -0.2) is 25.8 Å². The van der Waals surface area contributed by atoms with E-state index in [-0.39, 0.29) is 16.1 Å². The van der Waals surface area contributed by atoms with Crippen LogP contribution in [0.2, 0.25) is 0 Å². The molecule has 2 rings (SSSR count). The standard InChI is InChI=1S/C14H21FN2O2S/c1-3-11-4-6-17(7-5-11)20(18,19)13-9-12(16)8-10(2)14(13)15/h8-9,11H,3-7,16H2,1-2H3. The molecule has 0 unspecified atom stereocenters. The maximum absolute atomic E-state index is 14.1. The van der Waals surface area contributed by atoms with E-state index >= 15 is 0 Å². The number of anilines is 1. The van der Waals surface area contributed by atoms with E-state index in [0.29, 0.717) is 19.0 Å². The van der Waals surface area contributed by atoms with Crippen molar-refractivity contribution < 1.29 is 12.8 Å². The molecule has 1 heterocycles. The van der Waals surface area contributed by atoms with Gasteiger partial charge >= 0.3 is 0 Å². The first-order valence-electron chi connectivity index (χ1n) is 6.92. The van der Waals surface area contributed by atoms with Crippen LogP contribution in [0.15, 0.2) is 17.0 Å². The lowest BCUT2D eigenvalue weighted by atomic mass is 9.96. The van der Waals surface area contributed by atoms with Gasteiger partial charge in [0, 0.05) is 18.8 Å². The maximum Gasteiger partial charge on any atom is 0.246 e. The van der Waals surface area contributed by atoms with E-state index in [1.807, 2.05) is 0 Å². The van der Waals surface area contributed by atoms with Crippen LogP contribution in [0.3, 0.4) is 0 Å². The van der Waals surface area contributed by atoms with Gasteiger partial charge in [-0.2, -0.15) is 4.31 Å². The van der Waals surface area contributed by atoms with Crippen molar-refractivity contribution in [3.8, 4) is 0 Å². The summed E-state index contributed by atoms with van der Waals surface area (Å²) in [7, 11) is -3.79. The Bertz CT molecular complexity index is 593. The van der Waals surface area contributed by atoms with Crippen molar-refractivity contribution in [2.75, 3.05) is 18.8 Å². The Labute approximate surface area is 119 Å². The lowest BCUT2D eigenvalue weighted by Crippen LogP contribution is -2.38. The highest BCUT2D eigenvalue weighted by atomic mass is 32.2. The second kappa shape index (κ2) is 5.69. The molecule has 1 aliphatic heterocycles. The van der Waals surface area contributed by atoms with E-state index in [2.05, 4.69) is 6.92 Å². The summed E-state index contributed by atoms with van der Waals surface area (Å²) in [6, 6.07) is 2.65. The number of sulfonamides is 1. The number of nitrogens with two attached hydrogens (primary N) is 1. The quantitative estimate of drug-likeness (QED) is 0.872. The van der Waals surface area contributed by atoms with Crippen LogP contribution < -0.4 is 5.73 Å². The molecule has 0 aromatic heterocycles. The second-order valence-electron chi connectivity index (χ2n) is 5.41. The Morgan fingerprint density at radius 1 is 1.35 bits per heavy atom. The summed E-state index contributed by atoms with van der Waals surface area (Å²) in [6.45, 7) is 4.53. The lowest BCUT2D eigenvalue weighted by molar-refractivity contribution is 0.268. The number of nitrogen functional groups attached to an aromatic ring is 1. The molecule has 1 aromatic carbocycles. The Kier molecular flexibility index (Phi) is 4.34. The highest BCUT2D eigenvalue weighted by Crippen LogP contribution is 2.28. The zero-order valence-corrected chi connectivity index (χ0v) is 12.7. The van der Waals surface area contributed by atoms with E-state index in [9.17, 15) is 12.8 Å². The monoisotopic (exact) mass is 300 g/mol. The van der Waals surface area contributed by atoms with Gasteiger partial charge in [-0.15, -0.1) is 0 Å². The molecular formula is C14H21FN2O2S. The summed E-state index contributed by atoms with van der Waals surface area (Å²) in [6.07, 6.45) is 2.72. The predicted molar refractivity (Wildman–Crippen MR) is 77.3 cm³/mol. The molecule has 0 bridgehead atoms. The van der Waals surface area contributed by atoms with Gasteiger partial charge in [-0.25, -0.2) is 12.8 Å². The summed E-state index contributed by atoms with van der Waals surface area (Å²) >= 11 is 0. The Hall–Kier alpha value is -1.14. The van der Waals surface area contributed by atoms with Crippen LogP contribution in [0.25, 0.3) is 0 Å². The molecule has 0 amide bonds. The molecule has 0 saturated carbocycles. The molecule has 0 atom stereocenters. The summed E-state index contributed by atoms with van der Waals surface area (Å²) in [4.78, 5) is -0.301. The number of rotatable bonds is 3. The molecule has 1 fully saturated rings. The molecule has 6 heteroatoms. The third-order valence-corrected chi connectivity index (χ3v) is 5.91. The fraction of sp³-hybridized carbons (Fsp3) is 0.571. The number of halogens is 1. The lowest BCUT2D eigenvalue weighted by Gasteiger charge is -2.30. The van der Waals surface area contributed by atoms with Gasteiger partial charge in [0.2, 0.25) is 10.0 Å². The van der Waals surface area contributed by atoms with Gasteiger partial charge in [-0.05, 0) is 43.4 Å². The van der Waals surface area contributed by atoms with Gasteiger partial charge in [-0.1, -0.05) is 13.3 Å². The van der Waals surface area contributed by atoms with E-state index in [1.54, 1.807) is 0 Å². The fourth-order valence-corrected chi connectivity index (χ4v) is 4.29. The highest BCUT2D eigenvalue weighted by molar-refractivity contribution is 7.89. The SMILES string of the molecule is CCC1CCN(S(=O)(=O)c2cc(N)cc(C)c2F)CC1. The summed E-state index contributed by atoms with van der Waals surface area (Å²) in [5.41, 5.74) is 6.17. The summed E-state index contributed by atoms with van der Waals surface area (Å²) < 4.78 is 40.6. The van der Waals surface area contributed by atoms with Crippen molar-refractivity contribution in [3.05, 3.63) is 23.5 Å². The van der Waals surface area contributed by atoms with Crippen molar-refractivity contribution in [1.29, 1.82) is 0 Å². The molecule has 1 aliphatic rings. The summed E-state index contributed by atoms with van der Waals surface area (Å²) in [5, 5.41) is 0. The van der Waals surface area contributed by atoms with Crippen molar-refractivity contribution in [1.82, 2.24) is 4.31 Å². The van der Waals surface area contributed by atoms with Crippen LogP contribution in [0.1, 0.15) is 31.7 Å². The van der Waals surface area contributed by atoms with E-state index < -0.39 is 15.8 Å². The molecule has 1 saturated heterocycles. The predicted octanol–water partition coefficient (Wildman–Crippen LogP) is 2.53. The average molecular weight is 300 g/mol. The third kappa shape index (κ3) is 2.81. The molecule has 20 heavy (non-hydrogen) atoms. The van der Waals surface area contributed by atoms with Gasteiger partial charge in [0.1, 0.15) is 10.7 Å². The normalized spacial score (nSPS) is 18.4. The zero-order valence-electron chi connectivity index (χ0n) is 11.9. The first-order valence-corrected chi connectivity index (χ1v) is 8.36. The van der Waals surface area contributed by atoms with E-state index in [1.165, 1.54) is 23.4 Å². The molecular weight excluding hydrogens is 279 g/mol. The first kappa shape index (κ1) is 15.3. The summed E-state index contributed by atoms with van der Waals surface area (Å²) in [5.74, 6) is -0.134. The van der Waals surface area contributed by atoms with Crippen molar-refractivity contribution in [2.24, 2.45) is 5.92 Å². The van der Waals surface area contributed by atoms with E-state index in [4.69, 9.17) is 5.73 Å². The van der Waals surface area contributed by atoms with Crippen LogP contribution in [0.5, 0.6) is 0 Å². The number of benzene rings is 1. The van der Waals surface area contributed by atoms with Crippen LogP contribution in [0.4, 0.5) is 10.1 Å². The van der Waals surface area contributed by atoms with Gasteiger partial charge in [0.25, 0.3) is 0 Å². The van der Waals surface area contributed by atoms with Crippen molar-refractivity contribution in [3.63, 3.8) is 0 Å². The Morgan fingerprint density at radius 3 is 2.50 bits per heavy atom. The van der Waals surface area contributed by atoms with Crippen LogP contribution in [0, 0.1) is 18.7 Å². The Balaban J connectivity index is 2.32. The van der Waals surface area contributed by atoms with Gasteiger partial charge in [0.15, 0.2) is 0 Å². The number of hydrogen-bond donors (Lipinski definition) is 1. The topological polar surface area (TPSA) is 63.4 Å². The number of nitrogens with zero attached hydrogens (tertiary/aromatic N) is 1. The largest absolute Gasteiger partial charge is 0.399 e. The highest BCUT2D eigenvalue weighted by Gasteiger charge is 2.31. The van der Waals surface area contributed by atoms with E-state index in [0.717, 1.165) is 19.3 Å². The molecule has 0 aliphatic carbocycles. The van der Waals surface area contributed by atoms with Crippen LogP contribution >= 0.6 is 0 Å². The number of aryl methyl sites for hydroxylation is 1. The Morgan fingerprint density at radius 2 is 1.95 bits per heavy atom. The van der Waals surface area contributed by atoms with Gasteiger partial charge in [-0.3, -0.25) is 0 Å². The molecule has 0 radical (unpaired) electrons. The third-order valence-electron chi connectivity index (χ3n) is 4.01. The minimum atomic E-state index is -3.79. The van der Waals surface area contributed by atoms with Gasteiger partial charge < -0.3 is 5.73 Å². The minimum Gasteiger partial charge on any atom is -0.399 e. The van der Waals surface area contributed by atoms with Crippen LogP contribution in [-0.2, 0) is 10.0 Å². The molecule has 112 valence electrons.